The van der Waals surface area contributed by atoms with E-state index in [4.69, 9.17) is 32.7 Å². The van der Waals surface area contributed by atoms with Gasteiger partial charge < -0.3 is 14.6 Å². The zero-order valence-electron chi connectivity index (χ0n) is 22.6. The summed E-state index contributed by atoms with van der Waals surface area (Å²) in [6.45, 7) is 0.127. The van der Waals surface area contributed by atoms with E-state index in [0.29, 0.717) is 11.1 Å². The maximum Gasteiger partial charge on any atom is 0.253 e. The van der Waals surface area contributed by atoms with Gasteiger partial charge in [0.25, 0.3) is 11.8 Å². The number of benzene rings is 2. The lowest BCUT2D eigenvalue weighted by Crippen LogP contribution is -2.60. The molecule has 0 spiro atoms. The molecule has 4 amide bonds. The fourth-order valence-electron chi connectivity index (χ4n) is 7.26. The first-order valence-electron chi connectivity index (χ1n) is 13.2. The number of allylic oxidation sites excluding steroid dienone is 2. The second-order valence-corrected chi connectivity index (χ2v) is 12.3. The van der Waals surface area contributed by atoms with Gasteiger partial charge in [0, 0.05) is 30.7 Å². The van der Waals surface area contributed by atoms with Crippen LogP contribution in [0, 0.1) is 17.8 Å². The molecule has 2 heterocycles. The van der Waals surface area contributed by atoms with E-state index in [1.807, 2.05) is 36.4 Å². The minimum absolute atomic E-state index is 0.114. The molecule has 0 aromatic heterocycles. The Hall–Kier alpha value is -3.56. The number of aromatic hydroxyl groups is 1. The van der Waals surface area contributed by atoms with Crippen molar-refractivity contribution in [1.82, 2.24) is 9.80 Å². The largest absolute Gasteiger partial charge is 0.508 e. The summed E-state index contributed by atoms with van der Waals surface area (Å²) in [7, 11) is 4.12. The molecule has 41 heavy (non-hydrogen) atoms. The number of phenolic OH excluding ortho intramolecular Hbond substituents is 1. The molecule has 4 aliphatic rings. The van der Waals surface area contributed by atoms with E-state index in [1.54, 1.807) is 0 Å². The highest BCUT2D eigenvalue weighted by molar-refractivity contribution is 6.53. The molecule has 6 rings (SSSR count). The minimum Gasteiger partial charge on any atom is -0.508 e. The Labute approximate surface area is 246 Å². The van der Waals surface area contributed by atoms with Crippen LogP contribution in [0.5, 0.6) is 17.2 Å². The molecule has 6 unspecified atom stereocenters. The lowest BCUT2D eigenvalue weighted by atomic mass is 9.56. The van der Waals surface area contributed by atoms with Crippen LogP contribution < -0.4 is 9.47 Å². The van der Waals surface area contributed by atoms with E-state index >= 15 is 0 Å². The quantitative estimate of drug-likeness (QED) is 0.318. The molecule has 3 fully saturated rings. The van der Waals surface area contributed by atoms with Gasteiger partial charge in [-0.3, -0.25) is 29.0 Å². The van der Waals surface area contributed by atoms with Crippen LogP contribution >= 0.6 is 23.2 Å². The molecule has 1 N–H and O–H groups in total. The number of alkyl halides is 2. The van der Waals surface area contributed by atoms with Crippen LogP contribution in [0.4, 0.5) is 0 Å². The number of methoxy groups -OCH3 is 2. The van der Waals surface area contributed by atoms with Crippen molar-refractivity contribution in [2.45, 2.75) is 35.1 Å². The Morgan fingerprint density at radius 2 is 1.59 bits per heavy atom. The van der Waals surface area contributed by atoms with Gasteiger partial charge in [0.05, 0.1) is 32.6 Å². The smallest absolute Gasteiger partial charge is 0.253 e. The third-order valence-corrected chi connectivity index (χ3v) is 10.5. The second-order valence-electron chi connectivity index (χ2n) is 11.0. The predicted octanol–water partition coefficient (Wildman–Crippen LogP) is 3.60. The van der Waals surface area contributed by atoms with Gasteiger partial charge in [-0.2, -0.15) is 0 Å². The first-order valence-corrected chi connectivity index (χ1v) is 14.0. The third-order valence-electron chi connectivity index (χ3n) is 9.11. The van der Waals surface area contributed by atoms with Crippen LogP contribution in [-0.4, -0.2) is 69.6 Å². The van der Waals surface area contributed by atoms with E-state index in [1.165, 1.54) is 38.3 Å². The van der Waals surface area contributed by atoms with Crippen LogP contribution in [0.3, 0.4) is 0 Å². The number of imide groups is 2. The van der Waals surface area contributed by atoms with Crippen LogP contribution in [0.1, 0.15) is 29.9 Å². The molecule has 2 aromatic carbocycles. The molecular weight excluding hydrogens is 571 g/mol. The number of carbonyl (C=O) groups is 4. The molecule has 2 aromatic rings. The monoisotopic (exact) mass is 598 g/mol. The van der Waals surface area contributed by atoms with Crippen molar-refractivity contribution in [3.05, 3.63) is 65.2 Å². The highest BCUT2D eigenvalue weighted by Crippen LogP contribution is 2.67. The fraction of sp³-hybridized carbons (Fsp3) is 0.400. The van der Waals surface area contributed by atoms with Gasteiger partial charge in [0.2, 0.25) is 11.8 Å². The van der Waals surface area contributed by atoms with Crippen molar-refractivity contribution in [3.8, 4) is 17.2 Å². The van der Waals surface area contributed by atoms with Crippen molar-refractivity contribution in [2.24, 2.45) is 17.8 Å². The molecule has 0 radical (unpaired) electrons. The molecule has 0 bridgehead atoms. The maximum absolute atomic E-state index is 14.0. The SMILES string of the molecule is COc1cc(O)cc(OC)c1C1C2=CCC3C(=O)N(Cc4ccccc4)C(=O)C3C2CC2(Cl)C(=O)N(C)C(=O)C12Cl. The van der Waals surface area contributed by atoms with Crippen LogP contribution in [0.25, 0.3) is 0 Å². The average molecular weight is 599 g/mol. The molecule has 2 aliphatic heterocycles. The molecule has 1 saturated carbocycles. The van der Waals surface area contributed by atoms with Crippen LogP contribution in [0.15, 0.2) is 54.1 Å². The number of hydrogen-bond acceptors (Lipinski definition) is 7. The number of rotatable bonds is 5. The Balaban J connectivity index is 1.53. The fourth-order valence-corrected chi connectivity index (χ4v) is 8.26. The number of halogens is 2. The molecular formula is C30H28Cl2N2O7. The summed E-state index contributed by atoms with van der Waals surface area (Å²) < 4.78 is 11.2. The number of hydrogen-bond donors (Lipinski definition) is 1. The summed E-state index contributed by atoms with van der Waals surface area (Å²) in [6, 6.07) is 12.0. The Kier molecular flexibility index (Phi) is 6.39. The number of ether oxygens (including phenoxy) is 2. The van der Waals surface area contributed by atoms with Crippen molar-refractivity contribution in [1.29, 1.82) is 0 Å². The first-order chi connectivity index (χ1) is 19.5. The van der Waals surface area contributed by atoms with Crippen LogP contribution in [-0.2, 0) is 25.7 Å². The van der Waals surface area contributed by atoms with Crippen molar-refractivity contribution >= 4 is 46.8 Å². The molecule has 2 aliphatic carbocycles. The van der Waals surface area contributed by atoms with E-state index in [0.717, 1.165) is 10.5 Å². The number of likely N-dealkylation sites (tertiary alicyclic amines) is 2. The summed E-state index contributed by atoms with van der Waals surface area (Å²) in [5.74, 6) is -5.00. The number of fused-ring (bicyclic) bond motifs is 4. The zero-order chi connectivity index (χ0) is 29.4. The van der Waals surface area contributed by atoms with Gasteiger partial charge >= 0.3 is 0 Å². The normalized spacial score (nSPS) is 32.5. The van der Waals surface area contributed by atoms with Crippen molar-refractivity contribution in [3.63, 3.8) is 0 Å². The topological polar surface area (TPSA) is 113 Å². The Morgan fingerprint density at radius 3 is 2.20 bits per heavy atom. The number of nitrogens with zero attached hydrogens (tertiary/aromatic N) is 2. The lowest BCUT2D eigenvalue weighted by molar-refractivity contribution is -0.141. The number of phenols is 1. The third kappa shape index (κ3) is 3.61. The van der Waals surface area contributed by atoms with Gasteiger partial charge in [-0.05, 0) is 24.3 Å². The highest BCUT2D eigenvalue weighted by Gasteiger charge is 2.76. The predicted molar refractivity (Wildman–Crippen MR) is 149 cm³/mol. The zero-order valence-corrected chi connectivity index (χ0v) is 24.1. The second kappa shape index (κ2) is 9.49. The van der Waals surface area contributed by atoms with Crippen molar-refractivity contribution < 1.29 is 33.8 Å². The maximum atomic E-state index is 14.0. The molecule has 2 saturated heterocycles. The summed E-state index contributed by atoms with van der Waals surface area (Å²) in [6.07, 6.45) is 1.97. The molecule has 6 atom stereocenters. The van der Waals surface area contributed by atoms with E-state index in [-0.39, 0.29) is 48.4 Å². The highest BCUT2D eigenvalue weighted by atomic mass is 35.5. The Bertz CT molecular complexity index is 1500. The summed E-state index contributed by atoms with van der Waals surface area (Å²) >= 11 is 14.5. The van der Waals surface area contributed by atoms with Gasteiger partial charge in [0.1, 0.15) is 17.2 Å². The number of amides is 4. The van der Waals surface area contributed by atoms with Gasteiger partial charge in [0.15, 0.2) is 9.75 Å². The molecule has 9 nitrogen and oxygen atoms in total. The van der Waals surface area contributed by atoms with Gasteiger partial charge in [-0.1, -0.05) is 42.0 Å². The minimum atomic E-state index is -2.00. The standard InChI is InChI=1S/C30H28Cl2N2O7/c1-33-27(38)29(31)13-19-17(9-10-18-22(19)26(37)34(25(18)36)14-15-7-5-4-6-8-15)24(30(29,32)28(33)39)23-20(40-2)11-16(35)12-21(23)41-3/h4-9,11-12,18-19,22,24,35H,10,13-14H2,1-3H3. The van der Waals surface area contributed by atoms with Crippen LogP contribution in [0.2, 0.25) is 0 Å². The average Bonchev–Trinajstić information content (AvgIpc) is 3.28. The summed E-state index contributed by atoms with van der Waals surface area (Å²) in [4.78, 5) is 53.3. The first kappa shape index (κ1) is 27.6. The summed E-state index contributed by atoms with van der Waals surface area (Å²) in [5, 5.41) is 10.3. The molecule has 11 heteroatoms. The summed E-state index contributed by atoms with van der Waals surface area (Å²) in [5.41, 5.74) is 1.74. The Morgan fingerprint density at radius 1 is 0.951 bits per heavy atom. The van der Waals surface area contributed by atoms with Gasteiger partial charge in [-0.15, -0.1) is 23.2 Å². The van der Waals surface area contributed by atoms with E-state index in [9.17, 15) is 24.3 Å². The van der Waals surface area contributed by atoms with Crippen molar-refractivity contribution in [2.75, 3.05) is 21.3 Å². The number of carbonyl (C=O) groups excluding carboxylic acids is 4. The molecule has 214 valence electrons. The lowest BCUT2D eigenvalue weighted by Gasteiger charge is -2.51. The van der Waals surface area contributed by atoms with Gasteiger partial charge in [-0.25, -0.2) is 0 Å². The van der Waals surface area contributed by atoms with E-state index < -0.39 is 45.2 Å². The van der Waals surface area contributed by atoms with E-state index in [2.05, 4.69) is 0 Å².